The Morgan fingerprint density at radius 2 is 1.48 bits per heavy atom. The van der Waals surface area contributed by atoms with Gasteiger partial charge in [0.1, 0.15) is 0 Å². The van der Waals surface area contributed by atoms with Crippen LogP contribution in [-0.4, -0.2) is 37.8 Å². The average molecular weight is 1080 g/mol. The first-order valence-electron chi connectivity index (χ1n) is 21.8. The molecule has 5 aromatic heterocycles. The van der Waals surface area contributed by atoms with E-state index in [1.165, 1.54) is 22.1 Å². The predicted octanol–water partition coefficient (Wildman–Crippen LogP) is 14.0. The van der Waals surface area contributed by atoms with Crippen LogP contribution in [0.3, 0.4) is 0 Å². The standard InChI is InChI=1S/C38H29N4O.C17H21FGeN.Ir/c1-23-13-18-29-31(39-23)20-21-32-34(29)42(26-16-14-25(15-17-26)24-9-6-5-7-10-24)36(40-32)30-12-8-11-27-28-19-22-33(38(2,3)4)41-37(28)43-35(27)30;1-12(2)15-10-17(13-6-8-14(18)9-7-13)20-11-16(15)19(3,4)5;/h5-11,13-22H,1-4H3;6,8-12H,1-5H3;/q2*-1;/i;12D;. The number of nitrogens with zero attached hydrogens (tertiary/aromatic N) is 5. The number of rotatable bonds is 6. The molecule has 323 valence electrons. The molecule has 64 heavy (non-hydrogen) atoms. The second-order valence-corrected chi connectivity index (χ2v) is 29.0. The van der Waals surface area contributed by atoms with Gasteiger partial charge in [0.05, 0.1) is 28.0 Å². The molecule has 0 saturated carbocycles. The van der Waals surface area contributed by atoms with E-state index in [9.17, 15) is 4.39 Å². The third-order valence-electron chi connectivity index (χ3n) is 11.4. The summed E-state index contributed by atoms with van der Waals surface area (Å²) in [6, 6.07) is 48.4. The molecule has 0 N–H and O–H groups in total. The molecule has 5 aromatic carbocycles. The van der Waals surface area contributed by atoms with Crippen molar-refractivity contribution < 1.29 is 30.3 Å². The first kappa shape index (κ1) is 43.5. The Bertz CT molecular complexity index is 3350. The van der Waals surface area contributed by atoms with Crippen LogP contribution in [-0.2, 0) is 25.5 Å². The number of hydrogen-bond acceptors (Lipinski definition) is 5. The van der Waals surface area contributed by atoms with Gasteiger partial charge in [-0.1, -0.05) is 74.2 Å². The molecule has 0 bridgehead atoms. The first-order chi connectivity index (χ1) is 30.4. The molecule has 0 atom stereocenters. The summed E-state index contributed by atoms with van der Waals surface area (Å²) in [5, 5.41) is 3.03. The zero-order valence-corrected chi connectivity index (χ0v) is 42.1. The molecular weight excluding hydrogens is 1030 g/mol. The van der Waals surface area contributed by atoms with E-state index in [4.69, 9.17) is 20.7 Å². The van der Waals surface area contributed by atoms with Crippen molar-refractivity contribution in [2.75, 3.05) is 0 Å². The maximum Gasteiger partial charge on any atom is 0 e. The summed E-state index contributed by atoms with van der Waals surface area (Å²) in [5.74, 6) is 6.69. The van der Waals surface area contributed by atoms with Gasteiger partial charge in [-0.2, -0.15) is 0 Å². The zero-order chi connectivity index (χ0) is 45.1. The smallest absolute Gasteiger partial charge is 0 e. The number of aromatic nitrogens is 5. The van der Waals surface area contributed by atoms with Gasteiger partial charge in [0.25, 0.3) is 0 Å². The minimum Gasteiger partial charge on any atom is 0 e. The van der Waals surface area contributed by atoms with E-state index in [-0.39, 0.29) is 31.3 Å². The minimum absolute atomic E-state index is 0. The van der Waals surface area contributed by atoms with E-state index in [0.29, 0.717) is 5.71 Å². The second-order valence-electron chi connectivity index (χ2n) is 18.4. The molecule has 6 nitrogen and oxygen atoms in total. The van der Waals surface area contributed by atoms with E-state index in [0.717, 1.165) is 89.1 Å². The number of halogens is 1. The Balaban J connectivity index is 0.000000222. The summed E-state index contributed by atoms with van der Waals surface area (Å²) in [6.45, 7) is 12.3. The number of imidazole rings is 1. The second kappa shape index (κ2) is 17.6. The van der Waals surface area contributed by atoms with Crippen molar-refractivity contribution in [3.63, 3.8) is 0 Å². The van der Waals surface area contributed by atoms with Crippen LogP contribution in [0.15, 0.2) is 138 Å². The first-order valence-corrected chi connectivity index (χ1v) is 28.7. The van der Waals surface area contributed by atoms with Crippen LogP contribution in [0.4, 0.5) is 4.39 Å². The van der Waals surface area contributed by atoms with Crippen LogP contribution < -0.4 is 4.40 Å². The fraction of sp³-hybridized carbons (Fsp3) is 0.200. The van der Waals surface area contributed by atoms with Gasteiger partial charge < -0.3 is 8.98 Å². The van der Waals surface area contributed by atoms with Crippen LogP contribution in [0, 0.1) is 24.9 Å². The molecule has 1 radical (unpaired) electrons. The molecular formula is C55H50FGeIrN5O-2. The maximum atomic E-state index is 13.0. The molecule has 0 aliphatic carbocycles. The van der Waals surface area contributed by atoms with Crippen LogP contribution in [0.1, 0.15) is 58.8 Å². The molecule has 0 aliphatic rings. The van der Waals surface area contributed by atoms with E-state index in [1.54, 1.807) is 6.07 Å². The van der Waals surface area contributed by atoms with E-state index in [2.05, 4.69) is 139 Å². The third-order valence-corrected chi connectivity index (χ3v) is 15.7. The van der Waals surface area contributed by atoms with Gasteiger partial charge in [-0.05, 0) is 66.6 Å². The summed E-state index contributed by atoms with van der Waals surface area (Å²) >= 11 is -2.10. The number of benzene rings is 5. The van der Waals surface area contributed by atoms with Crippen LogP contribution >= 0.6 is 0 Å². The summed E-state index contributed by atoms with van der Waals surface area (Å²) in [5.41, 5.74) is 12.7. The number of pyridine rings is 3. The Hall–Kier alpha value is -5.80. The van der Waals surface area contributed by atoms with Gasteiger partial charge in [-0.25, -0.2) is 4.98 Å². The number of aryl methyl sites for hydroxylation is 1. The SMILES string of the molecule is Cc1ccc2c(ccc3nc(-c4[c-]ccc5c4oc4nc(C(C)(C)C)ccc45)n(-c4ccc(-c5ccccc5)cc4)c32)n1.[2H]C(C)(C)c1cc(-c2[c-]cc(F)cc2)nc[c]1[Ge]([CH3])([CH3])[CH3].[Ir]. The molecule has 10 rings (SSSR count). The molecule has 0 fully saturated rings. The predicted molar refractivity (Wildman–Crippen MR) is 260 cm³/mol. The Morgan fingerprint density at radius 3 is 2.17 bits per heavy atom. The van der Waals surface area contributed by atoms with Crippen molar-refractivity contribution >= 4 is 61.7 Å². The van der Waals surface area contributed by atoms with Crippen LogP contribution in [0.2, 0.25) is 17.3 Å². The van der Waals surface area contributed by atoms with Gasteiger partial charge in [-0.15, -0.1) is 18.2 Å². The van der Waals surface area contributed by atoms with E-state index >= 15 is 0 Å². The monoisotopic (exact) mass is 1080 g/mol. The summed E-state index contributed by atoms with van der Waals surface area (Å²) < 4.78 is 31.4. The van der Waals surface area contributed by atoms with Crippen LogP contribution in [0.25, 0.3) is 83.5 Å². The van der Waals surface area contributed by atoms with Crippen molar-refractivity contribution in [2.24, 2.45) is 0 Å². The molecule has 5 heterocycles. The van der Waals surface area contributed by atoms with Crippen molar-refractivity contribution in [1.29, 1.82) is 0 Å². The Morgan fingerprint density at radius 1 is 0.766 bits per heavy atom. The number of furan rings is 1. The molecule has 0 spiro atoms. The summed E-state index contributed by atoms with van der Waals surface area (Å²) in [6.07, 6.45) is 1.91. The minimum atomic E-state index is -2.10. The molecule has 0 amide bonds. The molecule has 0 aliphatic heterocycles. The van der Waals surface area contributed by atoms with Gasteiger partial charge in [0.15, 0.2) is 0 Å². The average Bonchev–Trinajstić information content (AvgIpc) is 3.85. The van der Waals surface area contributed by atoms with Gasteiger partial charge >= 0.3 is 125 Å². The molecule has 0 unspecified atom stereocenters. The molecule has 0 saturated heterocycles. The fourth-order valence-electron chi connectivity index (χ4n) is 8.11. The van der Waals surface area contributed by atoms with Gasteiger partial charge in [-0.3, -0.25) is 9.97 Å². The molecule has 9 heteroatoms. The van der Waals surface area contributed by atoms with Crippen molar-refractivity contribution in [2.45, 2.75) is 70.1 Å². The van der Waals surface area contributed by atoms with Crippen molar-refractivity contribution in [3.8, 4) is 39.5 Å². The number of fused-ring (bicyclic) bond motifs is 6. The zero-order valence-electron chi connectivity index (χ0n) is 38.6. The van der Waals surface area contributed by atoms with Gasteiger partial charge in [0.2, 0.25) is 5.71 Å². The van der Waals surface area contributed by atoms with Crippen molar-refractivity contribution in [3.05, 3.63) is 168 Å². The quantitative estimate of drug-likeness (QED) is 0.123. The van der Waals surface area contributed by atoms with Crippen LogP contribution in [0.5, 0.6) is 0 Å². The number of hydrogen-bond donors (Lipinski definition) is 0. The largest absolute Gasteiger partial charge is 0 e. The third kappa shape index (κ3) is 8.71. The normalized spacial score (nSPS) is 12.3. The summed E-state index contributed by atoms with van der Waals surface area (Å²) in [7, 11) is 0. The Kier molecular flexibility index (Phi) is 12.0. The van der Waals surface area contributed by atoms with E-state index in [1.807, 2.05) is 57.3 Å². The molecule has 10 aromatic rings. The fourth-order valence-corrected chi connectivity index (χ4v) is 11.4. The topological polar surface area (TPSA) is 69.6 Å². The van der Waals surface area contributed by atoms with Gasteiger partial charge in [0, 0.05) is 53.4 Å². The summed E-state index contributed by atoms with van der Waals surface area (Å²) in [4.78, 5) is 19.5. The Labute approximate surface area is 392 Å². The van der Waals surface area contributed by atoms with Crippen molar-refractivity contribution in [1.82, 2.24) is 24.5 Å². The maximum absolute atomic E-state index is 13.0. The van der Waals surface area contributed by atoms with E-state index < -0.39 is 19.2 Å².